The molecule has 1 aromatic rings. The molecule has 20 heavy (non-hydrogen) atoms. The smallest absolute Gasteiger partial charge is 0.347 e. The monoisotopic (exact) mass is 315 g/mol. The lowest BCUT2D eigenvalue weighted by Gasteiger charge is -2.26. The maximum absolute atomic E-state index is 12.2. The van der Waals surface area contributed by atoms with Gasteiger partial charge in [0.25, 0.3) is 0 Å². The molecule has 0 saturated carbocycles. The molecule has 0 spiro atoms. The Morgan fingerprint density at radius 3 is 2.60 bits per heavy atom. The number of ether oxygens (including phenoxy) is 2. The SMILES string of the molecule is COc1c(Cl)ccc(Cl)c1C(=O)O[C@]1(O)C=CC=CN1. The van der Waals surface area contributed by atoms with Gasteiger partial charge >= 0.3 is 11.9 Å². The first-order chi connectivity index (χ1) is 9.47. The van der Waals surface area contributed by atoms with Crippen LogP contribution >= 0.6 is 23.2 Å². The summed E-state index contributed by atoms with van der Waals surface area (Å²) in [7, 11) is 1.35. The summed E-state index contributed by atoms with van der Waals surface area (Å²) in [4.78, 5) is 12.2. The van der Waals surface area contributed by atoms with Crippen molar-refractivity contribution in [3.63, 3.8) is 0 Å². The summed E-state index contributed by atoms with van der Waals surface area (Å²) in [5, 5.41) is 12.8. The Balaban J connectivity index is 2.32. The number of hydrogen-bond acceptors (Lipinski definition) is 5. The van der Waals surface area contributed by atoms with E-state index >= 15 is 0 Å². The van der Waals surface area contributed by atoms with Crippen molar-refractivity contribution in [1.29, 1.82) is 0 Å². The molecule has 0 radical (unpaired) electrons. The number of allylic oxidation sites excluding steroid dienone is 2. The Kier molecular flexibility index (Phi) is 4.23. The Morgan fingerprint density at radius 2 is 2.00 bits per heavy atom. The fraction of sp³-hybridized carbons (Fsp3) is 0.154. The second-order valence-electron chi connectivity index (χ2n) is 3.89. The predicted octanol–water partition coefficient (Wildman–Crippen LogP) is 2.48. The maximum atomic E-state index is 12.2. The highest BCUT2D eigenvalue weighted by molar-refractivity contribution is 6.37. The van der Waals surface area contributed by atoms with Gasteiger partial charge in [-0.15, -0.1) is 0 Å². The summed E-state index contributed by atoms with van der Waals surface area (Å²) < 4.78 is 10.0. The average Bonchev–Trinajstić information content (AvgIpc) is 2.41. The highest BCUT2D eigenvalue weighted by atomic mass is 35.5. The first-order valence-electron chi connectivity index (χ1n) is 5.56. The Morgan fingerprint density at radius 1 is 1.30 bits per heavy atom. The van der Waals surface area contributed by atoms with E-state index in [9.17, 15) is 9.90 Å². The number of hydrogen-bond donors (Lipinski definition) is 2. The van der Waals surface area contributed by atoms with E-state index in [-0.39, 0.29) is 21.4 Å². The lowest BCUT2D eigenvalue weighted by molar-refractivity contribution is -0.143. The quantitative estimate of drug-likeness (QED) is 0.662. The molecule has 0 saturated heterocycles. The van der Waals surface area contributed by atoms with E-state index in [4.69, 9.17) is 32.7 Å². The molecule has 1 heterocycles. The molecule has 1 atom stereocenters. The topological polar surface area (TPSA) is 67.8 Å². The second kappa shape index (κ2) is 5.75. The summed E-state index contributed by atoms with van der Waals surface area (Å²) in [5.41, 5.74) is -0.0557. The van der Waals surface area contributed by atoms with Crippen LogP contribution in [0.25, 0.3) is 0 Å². The lowest BCUT2D eigenvalue weighted by atomic mass is 10.2. The largest absolute Gasteiger partial charge is 0.494 e. The van der Waals surface area contributed by atoms with Crippen LogP contribution in [0.15, 0.2) is 36.6 Å². The van der Waals surface area contributed by atoms with Crippen LogP contribution in [0.5, 0.6) is 5.75 Å². The normalized spacial score (nSPS) is 20.4. The number of esters is 1. The molecule has 0 bridgehead atoms. The van der Waals surface area contributed by atoms with Gasteiger partial charge in [-0.05, 0) is 18.2 Å². The van der Waals surface area contributed by atoms with Gasteiger partial charge in [-0.2, -0.15) is 0 Å². The fourth-order valence-electron chi connectivity index (χ4n) is 1.64. The number of nitrogens with one attached hydrogen (secondary N) is 1. The van der Waals surface area contributed by atoms with Gasteiger partial charge in [0.05, 0.1) is 17.2 Å². The number of dihydropyridines is 1. The van der Waals surface area contributed by atoms with Gasteiger partial charge in [0.15, 0.2) is 5.75 Å². The van der Waals surface area contributed by atoms with Crippen molar-refractivity contribution in [3.8, 4) is 5.75 Å². The molecule has 2 N–H and O–H groups in total. The van der Waals surface area contributed by atoms with Crippen molar-refractivity contribution >= 4 is 29.2 Å². The van der Waals surface area contributed by atoms with Crippen LogP contribution < -0.4 is 10.1 Å². The fourth-order valence-corrected chi connectivity index (χ4v) is 2.10. The van der Waals surface area contributed by atoms with Crippen molar-refractivity contribution in [2.24, 2.45) is 0 Å². The first kappa shape index (κ1) is 14.7. The molecular formula is C13H11Cl2NO4. The van der Waals surface area contributed by atoms with Crippen LogP contribution in [0.4, 0.5) is 0 Å². The van der Waals surface area contributed by atoms with Gasteiger partial charge in [0, 0.05) is 12.3 Å². The molecule has 0 unspecified atom stereocenters. The number of benzene rings is 1. The van der Waals surface area contributed by atoms with Gasteiger partial charge < -0.3 is 19.9 Å². The number of halogens is 2. The van der Waals surface area contributed by atoms with Gasteiger partial charge in [0.1, 0.15) is 5.56 Å². The summed E-state index contributed by atoms with van der Waals surface area (Å²) >= 11 is 11.9. The third-order valence-electron chi connectivity index (χ3n) is 2.53. The van der Waals surface area contributed by atoms with Gasteiger partial charge in [-0.25, -0.2) is 4.79 Å². The minimum absolute atomic E-state index is 0.0557. The number of carbonyl (C=O) groups is 1. The summed E-state index contributed by atoms with van der Waals surface area (Å²) in [6, 6.07) is 2.94. The lowest BCUT2D eigenvalue weighted by Crippen LogP contribution is -2.45. The van der Waals surface area contributed by atoms with Gasteiger partial charge in [-0.1, -0.05) is 29.3 Å². The number of rotatable bonds is 3. The van der Waals surface area contributed by atoms with E-state index < -0.39 is 11.9 Å². The van der Waals surface area contributed by atoms with Gasteiger partial charge in [-0.3, -0.25) is 0 Å². The molecule has 1 aliphatic rings. The Hall–Kier alpha value is -1.69. The molecule has 5 nitrogen and oxygen atoms in total. The van der Waals surface area contributed by atoms with Gasteiger partial charge in [0.2, 0.25) is 0 Å². The molecule has 0 fully saturated rings. The summed E-state index contributed by atoms with van der Waals surface area (Å²) in [6.07, 6.45) is 5.87. The van der Waals surface area contributed by atoms with Crippen LogP contribution in [0.1, 0.15) is 10.4 Å². The molecule has 7 heteroatoms. The summed E-state index contributed by atoms with van der Waals surface area (Å²) in [6.45, 7) is 0. The zero-order valence-corrected chi connectivity index (χ0v) is 11.9. The molecule has 1 aromatic carbocycles. The highest BCUT2D eigenvalue weighted by Crippen LogP contribution is 2.34. The minimum atomic E-state index is -1.94. The van der Waals surface area contributed by atoms with E-state index in [1.807, 2.05) is 0 Å². The predicted molar refractivity (Wildman–Crippen MR) is 74.8 cm³/mol. The van der Waals surface area contributed by atoms with Crippen molar-refractivity contribution in [2.75, 3.05) is 7.11 Å². The molecule has 0 aliphatic carbocycles. The zero-order valence-electron chi connectivity index (χ0n) is 10.4. The van der Waals surface area contributed by atoms with Crippen LogP contribution in [-0.4, -0.2) is 24.1 Å². The Labute approximate surface area is 125 Å². The highest BCUT2D eigenvalue weighted by Gasteiger charge is 2.31. The zero-order chi connectivity index (χ0) is 14.8. The van der Waals surface area contributed by atoms with E-state index in [0.717, 1.165) is 0 Å². The van der Waals surface area contributed by atoms with Crippen LogP contribution in [0.3, 0.4) is 0 Å². The third-order valence-corrected chi connectivity index (χ3v) is 3.15. The Bertz CT molecular complexity index is 600. The van der Waals surface area contributed by atoms with Crippen LogP contribution in [-0.2, 0) is 4.74 Å². The van der Waals surface area contributed by atoms with Crippen molar-refractivity contribution < 1.29 is 19.4 Å². The maximum Gasteiger partial charge on any atom is 0.347 e. The standard InChI is InChI=1S/C13H11Cl2NO4/c1-19-11-9(15)5-4-8(14)10(11)12(17)20-13(18)6-2-3-7-16-13/h2-7,16,18H,1H3/t13-/m1/s1. The molecule has 0 aromatic heterocycles. The van der Waals surface area contributed by atoms with E-state index in [2.05, 4.69) is 5.32 Å². The van der Waals surface area contributed by atoms with Crippen molar-refractivity contribution in [2.45, 2.75) is 5.91 Å². The number of methoxy groups -OCH3 is 1. The molecule has 106 valence electrons. The van der Waals surface area contributed by atoms with Crippen molar-refractivity contribution in [1.82, 2.24) is 5.32 Å². The van der Waals surface area contributed by atoms with E-state index in [1.54, 1.807) is 6.08 Å². The molecule has 1 aliphatic heterocycles. The average molecular weight is 316 g/mol. The number of carbonyl (C=O) groups excluding carboxylic acids is 1. The number of aliphatic hydroxyl groups is 1. The molecular weight excluding hydrogens is 305 g/mol. The molecule has 0 amide bonds. The summed E-state index contributed by atoms with van der Waals surface area (Å²) in [5.74, 6) is -2.73. The van der Waals surface area contributed by atoms with E-state index in [0.29, 0.717) is 0 Å². The molecule has 2 rings (SSSR count). The van der Waals surface area contributed by atoms with Crippen molar-refractivity contribution in [3.05, 3.63) is 52.2 Å². The second-order valence-corrected chi connectivity index (χ2v) is 4.70. The van der Waals surface area contributed by atoms with E-state index in [1.165, 1.54) is 37.6 Å². The van der Waals surface area contributed by atoms with Crippen LogP contribution in [0.2, 0.25) is 10.0 Å². The third kappa shape index (κ3) is 2.90. The van der Waals surface area contributed by atoms with Crippen LogP contribution in [0, 0.1) is 0 Å². The first-order valence-corrected chi connectivity index (χ1v) is 6.32. The minimum Gasteiger partial charge on any atom is -0.494 e.